The normalized spacial score (nSPS) is 49.3. The van der Waals surface area contributed by atoms with Crippen molar-refractivity contribution in [2.75, 3.05) is 11.5 Å². The fourth-order valence-electron chi connectivity index (χ4n) is 11.7. The van der Waals surface area contributed by atoms with E-state index in [0.717, 1.165) is 61.2 Å². The van der Waals surface area contributed by atoms with Gasteiger partial charge in [0, 0.05) is 47.2 Å². The Bertz CT molecular complexity index is 1380. The highest BCUT2D eigenvalue weighted by molar-refractivity contribution is 8.76. The van der Waals surface area contributed by atoms with Crippen molar-refractivity contribution in [3.05, 3.63) is 42.5 Å². The molecule has 0 spiro atoms. The number of ketones is 1. The first-order chi connectivity index (χ1) is 21.7. The molecule has 6 aliphatic rings. The van der Waals surface area contributed by atoms with Crippen LogP contribution in [-0.2, 0) is 4.79 Å². The molecular formula is C37H54N2O5S2. The Morgan fingerprint density at radius 2 is 1.70 bits per heavy atom. The third-order valence-corrected chi connectivity index (χ3v) is 17.1. The van der Waals surface area contributed by atoms with Gasteiger partial charge >= 0.3 is 0 Å². The Labute approximate surface area is 282 Å². The van der Waals surface area contributed by atoms with Crippen molar-refractivity contribution in [1.82, 2.24) is 9.55 Å². The van der Waals surface area contributed by atoms with E-state index >= 15 is 0 Å². The van der Waals surface area contributed by atoms with Gasteiger partial charge in [-0.2, -0.15) is 0 Å². The lowest BCUT2D eigenvalue weighted by Gasteiger charge is -2.63. The number of aromatic nitrogens is 2. The maximum absolute atomic E-state index is 14.0. The fraction of sp³-hybridized carbons (Fsp3) is 0.784. The summed E-state index contributed by atoms with van der Waals surface area (Å²) in [5.74, 6) is 1.68. The van der Waals surface area contributed by atoms with Crippen LogP contribution in [0.2, 0.25) is 0 Å². The predicted molar refractivity (Wildman–Crippen MR) is 184 cm³/mol. The zero-order valence-electron chi connectivity index (χ0n) is 28.0. The minimum Gasteiger partial charge on any atom is -0.392 e. The Hall–Kier alpha value is -1.10. The van der Waals surface area contributed by atoms with Crippen LogP contribution in [0.5, 0.6) is 0 Å². The van der Waals surface area contributed by atoms with E-state index in [1.54, 1.807) is 6.08 Å². The van der Waals surface area contributed by atoms with Crippen LogP contribution in [-0.4, -0.2) is 71.2 Å². The molecule has 0 radical (unpaired) electrons. The molecule has 7 rings (SSSR count). The Balaban J connectivity index is 1.31. The van der Waals surface area contributed by atoms with E-state index in [4.69, 9.17) is 0 Å². The van der Waals surface area contributed by atoms with E-state index in [1.807, 2.05) is 40.3 Å². The molecule has 1 aromatic heterocycles. The molecule has 13 atom stereocenters. The van der Waals surface area contributed by atoms with Crippen LogP contribution in [0.15, 0.2) is 42.5 Å². The van der Waals surface area contributed by atoms with E-state index in [0.29, 0.717) is 12.8 Å². The monoisotopic (exact) mass is 670 g/mol. The van der Waals surface area contributed by atoms with Gasteiger partial charge in [-0.15, -0.1) is 0 Å². The molecule has 1 saturated heterocycles. The van der Waals surface area contributed by atoms with E-state index < -0.39 is 34.7 Å². The first kappa shape index (κ1) is 33.4. The predicted octanol–water partition coefficient (Wildman–Crippen LogP) is 6.00. The van der Waals surface area contributed by atoms with Crippen LogP contribution in [0.4, 0.5) is 0 Å². The van der Waals surface area contributed by atoms with Crippen molar-refractivity contribution >= 4 is 27.4 Å². The van der Waals surface area contributed by atoms with Crippen LogP contribution in [0.25, 0.3) is 0 Å². The molecule has 46 heavy (non-hydrogen) atoms. The Morgan fingerprint density at radius 1 is 0.935 bits per heavy atom. The fourth-order valence-corrected chi connectivity index (χ4v) is 14.5. The minimum atomic E-state index is -1.17. The average Bonchev–Trinajstić information content (AvgIpc) is 3.57. The standard InChI is InChI=1S/C37H54N2O5S2/c1-21-11-30(40)25-8-6-7-22-12-27-28(14-31(41)29-15-32(42)33(43)17-35(27,29)4)37(44)23(13-26(25)36(22,37)5)18-45-46-19-24(16-34(21,2)3)39-10-9-38-20-39/h9-10,14,20,22-27,29-30,32-33,40,42-44H,1,6-8,11-13,15-19H2,2-5H3. The van der Waals surface area contributed by atoms with Gasteiger partial charge in [0.2, 0.25) is 0 Å². The van der Waals surface area contributed by atoms with E-state index in [9.17, 15) is 25.2 Å². The third kappa shape index (κ3) is 4.91. The van der Waals surface area contributed by atoms with Crippen molar-refractivity contribution in [2.45, 2.75) is 115 Å². The number of allylic oxidation sites excluding steroid dienone is 1. The number of aliphatic hydroxyl groups excluding tert-OH is 3. The van der Waals surface area contributed by atoms with Gasteiger partial charge in [0.1, 0.15) is 0 Å². The molecule has 4 saturated carbocycles. The second-order valence-electron chi connectivity index (χ2n) is 17.0. The zero-order chi connectivity index (χ0) is 32.8. The molecule has 5 fully saturated rings. The molecule has 0 aromatic carbocycles. The van der Waals surface area contributed by atoms with E-state index in [1.165, 1.54) is 0 Å². The summed E-state index contributed by atoms with van der Waals surface area (Å²) in [6.07, 6.45) is 12.0. The van der Waals surface area contributed by atoms with Gasteiger partial charge in [0.25, 0.3) is 0 Å². The SMILES string of the molecule is C=C1CC(O)C2CCCC3CC4C(=CC(=O)C5CC(O)C(O)CC54C)C4(O)C(CSSCC(n5ccnc5)CC1(C)C)CC2C34C. The van der Waals surface area contributed by atoms with Gasteiger partial charge in [-0.25, -0.2) is 4.98 Å². The molecule has 9 heteroatoms. The molecule has 13 unspecified atom stereocenters. The van der Waals surface area contributed by atoms with Crippen molar-refractivity contribution < 1.29 is 25.2 Å². The lowest BCUT2D eigenvalue weighted by atomic mass is 9.42. The van der Waals surface area contributed by atoms with Crippen LogP contribution in [0, 0.1) is 51.8 Å². The summed E-state index contributed by atoms with van der Waals surface area (Å²) in [4.78, 5) is 18.3. The lowest BCUT2D eigenvalue weighted by Crippen LogP contribution is -2.65. The molecule has 1 aliphatic heterocycles. The topological polar surface area (TPSA) is 116 Å². The van der Waals surface area contributed by atoms with Crippen LogP contribution < -0.4 is 0 Å². The van der Waals surface area contributed by atoms with Crippen LogP contribution >= 0.6 is 21.6 Å². The number of fused-ring (bicyclic) bond motifs is 6. The molecule has 0 amide bonds. The first-order valence-corrected chi connectivity index (χ1v) is 20.1. The summed E-state index contributed by atoms with van der Waals surface area (Å²) in [6, 6.07) is 0.221. The van der Waals surface area contributed by atoms with Crippen molar-refractivity contribution in [3.8, 4) is 0 Å². The maximum Gasteiger partial charge on any atom is 0.159 e. The van der Waals surface area contributed by atoms with Crippen molar-refractivity contribution in [2.24, 2.45) is 51.8 Å². The molecule has 254 valence electrons. The van der Waals surface area contributed by atoms with Crippen LogP contribution in [0.3, 0.4) is 0 Å². The molecule has 1 aromatic rings. The summed E-state index contributed by atoms with van der Waals surface area (Å²) < 4.78 is 2.20. The van der Waals surface area contributed by atoms with Gasteiger partial charge in [0.15, 0.2) is 5.78 Å². The largest absolute Gasteiger partial charge is 0.392 e. The minimum absolute atomic E-state index is 0.00259. The number of imidazole rings is 1. The van der Waals surface area contributed by atoms with Gasteiger partial charge in [-0.1, -0.05) is 67.9 Å². The Morgan fingerprint density at radius 3 is 2.43 bits per heavy atom. The number of nitrogens with zero attached hydrogens (tertiary/aromatic N) is 2. The first-order valence-electron chi connectivity index (χ1n) is 17.6. The Kier molecular flexibility index (Phi) is 8.54. The molecular weight excluding hydrogens is 617 g/mol. The number of carbonyl (C=O) groups excluding carboxylic acids is 1. The van der Waals surface area contributed by atoms with E-state index in [2.05, 4.69) is 43.8 Å². The van der Waals surface area contributed by atoms with Crippen molar-refractivity contribution in [3.63, 3.8) is 0 Å². The highest BCUT2D eigenvalue weighted by Gasteiger charge is 2.73. The number of hydrogen-bond donors (Lipinski definition) is 4. The van der Waals surface area contributed by atoms with Gasteiger partial charge in [-0.05, 0) is 97.5 Å². The van der Waals surface area contributed by atoms with Gasteiger partial charge in [0.05, 0.1) is 30.2 Å². The quantitative estimate of drug-likeness (QED) is 0.213. The van der Waals surface area contributed by atoms with Gasteiger partial charge in [-0.3, -0.25) is 4.79 Å². The molecule has 4 N–H and O–H groups in total. The molecule has 2 heterocycles. The summed E-state index contributed by atoms with van der Waals surface area (Å²) in [6.45, 7) is 13.5. The summed E-state index contributed by atoms with van der Waals surface area (Å²) >= 11 is 0. The van der Waals surface area contributed by atoms with Gasteiger partial charge < -0.3 is 25.0 Å². The number of rotatable bonds is 1. The zero-order valence-corrected chi connectivity index (χ0v) is 29.6. The second kappa shape index (κ2) is 11.8. The van der Waals surface area contributed by atoms with Crippen molar-refractivity contribution in [1.29, 1.82) is 0 Å². The summed E-state index contributed by atoms with van der Waals surface area (Å²) in [5, 5.41) is 47.2. The average molecular weight is 671 g/mol. The van der Waals surface area contributed by atoms with Crippen LogP contribution in [0.1, 0.15) is 91.5 Å². The second-order valence-corrected chi connectivity index (χ2v) is 19.6. The molecule has 2 bridgehead atoms. The molecule has 5 aliphatic carbocycles. The highest BCUT2D eigenvalue weighted by atomic mass is 33.1. The maximum atomic E-state index is 14.0. The highest BCUT2D eigenvalue weighted by Crippen LogP contribution is 2.73. The van der Waals surface area contributed by atoms with E-state index in [-0.39, 0.29) is 59.2 Å². The molecule has 7 nitrogen and oxygen atoms in total. The smallest absolute Gasteiger partial charge is 0.159 e. The number of hydrogen-bond acceptors (Lipinski definition) is 8. The summed E-state index contributed by atoms with van der Waals surface area (Å²) in [5.41, 5.74) is -0.356. The number of aliphatic hydroxyl groups is 4. The lowest BCUT2D eigenvalue weighted by molar-refractivity contribution is -0.172. The summed E-state index contributed by atoms with van der Waals surface area (Å²) in [7, 11) is 3.70. The number of carbonyl (C=O) groups is 1. The third-order valence-electron chi connectivity index (χ3n) is 14.5.